The third-order valence-corrected chi connectivity index (χ3v) is 7.41. The molecule has 3 heterocycles. The van der Waals surface area contributed by atoms with E-state index in [1.807, 2.05) is 72.8 Å². The van der Waals surface area contributed by atoms with Crippen LogP contribution < -0.4 is 15.4 Å². The monoisotopic (exact) mass is 615 g/mol. The first-order chi connectivity index (χ1) is 20.0. The SMILES string of the molecule is COc1ccc(-c2nc3c4cccc(Br)c4nc(N[C@@H]4CN(C(=O)OCc5ccccc5)CCNC4=O)n3n2)cc1. The second-order valence-corrected chi connectivity index (χ2v) is 10.3. The molecule has 0 saturated carbocycles. The summed E-state index contributed by atoms with van der Waals surface area (Å²) in [5, 5.41) is 11.6. The summed E-state index contributed by atoms with van der Waals surface area (Å²) in [6.45, 7) is 0.837. The number of rotatable bonds is 6. The van der Waals surface area contributed by atoms with Crippen LogP contribution in [-0.2, 0) is 16.1 Å². The van der Waals surface area contributed by atoms with Gasteiger partial charge in [-0.2, -0.15) is 4.52 Å². The number of methoxy groups -OCH3 is 1. The van der Waals surface area contributed by atoms with Gasteiger partial charge in [-0.25, -0.2) is 14.8 Å². The molecule has 1 atom stereocenters. The lowest BCUT2D eigenvalue weighted by molar-refractivity contribution is -0.121. The molecule has 5 aromatic rings. The number of hydrogen-bond acceptors (Lipinski definition) is 8. The van der Waals surface area contributed by atoms with Gasteiger partial charge in [0.05, 0.1) is 19.2 Å². The molecular weight excluding hydrogens is 590 g/mol. The quantitative estimate of drug-likeness (QED) is 0.290. The van der Waals surface area contributed by atoms with Crippen molar-refractivity contribution in [3.05, 3.63) is 82.8 Å². The van der Waals surface area contributed by atoms with Crippen molar-refractivity contribution in [2.24, 2.45) is 0 Å². The minimum atomic E-state index is -0.814. The van der Waals surface area contributed by atoms with E-state index < -0.39 is 12.1 Å². The van der Waals surface area contributed by atoms with Crippen LogP contribution in [0, 0.1) is 0 Å². The number of fused-ring (bicyclic) bond motifs is 3. The molecule has 0 radical (unpaired) electrons. The van der Waals surface area contributed by atoms with Crippen LogP contribution in [0.25, 0.3) is 27.9 Å². The highest BCUT2D eigenvalue weighted by atomic mass is 79.9. The van der Waals surface area contributed by atoms with Gasteiger partial charge in [0.2, 0.25) is 11.9 Å². The Morgan fingerprint density at radius 1 is 1.07 bits per heavy atom. The molecule has 3 aromatic carbocycles. The summed E-state index contributed by atoms with van der Waals surface area (Å²) in [5.74, 6) is 1.26. The third kappa shape index (κ3) is 5.50. The van der Waals surface area contributed by atoms with Crippen LogP contribution in [0.4, 0.5) is 10.7 Å². The molecule has 2 aromatic heterocycles. The van der Waals surface area contributed by atoms with Gasteiger partial charge >= 0.3 is 6.09 Å². The average molecular weight is 616 g/mol. The normalized spacial score (nSPS) is 15.4. The van der Waals surface area contributed by atoms with Gasteiger partial charge in [-0.1, -0.05) is 36.4 Å². The molecule has 1 fully saturated rings. The van der Waals surface area contributed by atoms with Gasteiger partial charge in [0.1, 0.15) is 18.4 Å². The number of ether oxygens (including phenoxy) is 2. The lowest BCUT2D eigenvalue weighted by Crippen LogP contribution is -2.44. The lowest BCUT2D eigenvalue weighted by atomic mass is 10.2. The van der Waals surface area contributed by atoms with Crippen LogP contribution >= 0.6 is 15.9 Å². The smallest absolute Gasteiger partial charge is 0.410 e. The molecular formula is C29H26BrN7O4. The summed E-state index contributed by atoms with van der Waals surface area (Å²) in [6.07, 6.45) is -0.501. The van der Waals surface area contributed by atoms with Crippen molar-refractivity contribution in [1.29, 1.82) is 0 Å². The van der Waals surface area contributed by atoms with E-state index in [0.717, 1.165) is 26.7 Å². The molecule has 208 valence electrons. The molecule has 1 aliphatic heterocycles. The minimum absolute atomic E-state index is 0.0800. The van der Waals surface area contributed by atoms with Gasteiger partial charge in [0, 0.05) is 28.5 Å². The molecule has 11 nitrogen and oxygen atoms in total. The fourth-order valence-electron chi connectivity index (χ4n) is 4.63. The number of amides is 2. The Morgan fingerprint density at radius 3 is 2.66 bits per heavy atom. The summed E-state index contributed by atoms with van der Waals surface area (Å²) in [6, 6.07) is 21.8. The molecule has 0 bridgehead atoms. The van der Waals surface area contributed by atoms with Crippen LogP contribution in [0.5, 0.6) is 5.75 Å². The second-order valence-electron chi connectivity index (χ2n) is 9.44. The first-order valence-electron chi connectivity index (χ1n) is 13.0. The maximum atomic E-state index is 13.1. The van der Waals surface area contributed by atoms with E-state index in [4.69, 9.17) is 24.5 Å². The fraction of sp³-hybridized carbons (Fsp3) is 0.207. The highest BCUT2D eigenvalue weighted by molar-refractivity contribution is 9.10. The van der Waals surface area contributed by atoms with E-state index in [0.29, 0.717) is 36.0 Å². The number of nitrogens with one attached hydrogen (secondary N) is 2. The standard InChI is InChI=1S/C29H26BrN7O4/c1-40-20-12-10-19(11-13-20)25-34-26-21-8-5-9-22(30)24(21)33-28(37(26)35-25)32-23-16-36(15-14-31-27(23)38)29(39)41-17-18-6-3-2-4-7-18/h2-13,23H,14-17H2,1H3,(H,31,38)(H,32,33)/t23-/m1/s1. The average Bonchev–Trinajstić information content (AvgIpc) is 3.38. The van der Waals surface area contributed by atoms with E-state index in [9.17, 15) is 9.59 Å². The summed E-state index contributed by atoms with van der Waals surface area (Å²) in [5.41, 5.74) is 2.90. The number of anilines is 1. The number of halogens is 1. The zero-order chi connectivity index (χ0) is 28.3. The predicted octanol–water partition coefficient (Wildman–Crippen LogP) is 4.26. The topological polar surface area (TPSA) is 123 Å². The Labute approximate surface area is 243 Å². The van der Waals surface area contributed by atoms with E-state index in [-0.39, 0.29) is 19.1 Å². The molecule has 0 unspecified atom stereocenters. The molecule has 1 saturated heterocycles. The van der Waals surface area contributed by atoms with Crippen molar-refractivity contribution in [2.45, 2.75) is 12.6 Å². The molecule has 12 heteroatoms. The molecule has 2 N–H and O–H groups in total. The molecule has 0 spiro atoms. The predicted molar refractivity (Wildman–Crippen MR) is 157 cm³/mol. The van der Waals surface area contributed by atoms with Crippen LogP contribution in [0.15, 0.2) is 77.3 Å². The molecule has 1 aliphatic rings. The third-order valence-electron chi connectivity index (χ3n) is 6.77. The zero-order valence-corrected chi connectivity index (χ0v) is 23.7. The molecule has 6 rings (SSSR count). The van der Waals surface area contributed by atoms with Crippen molar-refractivity contribution < 1.29 is 19.1 Å². The fourth-order valence-corrected chi connectivity index (χ4v) is 5.08. The Hall–Kier alpha value is -4.71. The number of carbonyl (C=O) groups is 2. The largest absolute Gasteiger partial charge is 0.497 e. The maximum Gasteiger partial charge on any atom is 0.410 e. The van der Waals surface area contributed by atoms with Crippen molar-refractivity contribution >= 4 is 50.4 Å². The van der Waals surface area contributed by atoms with Crippen molar-refractivity contribution in [2.75, 3.05) is 32.1 Å². The Bertz CT molecular complexity index is 1730. The number of aromatic nitrogens is 4. The summed E-state index contributed by atoms with van der Waals surface area (Å²) in [7, 11) is 1.61. The summed E-state index contributed by atoms with van der Waals surface area (Å²) >= 11 is 3.59. The van der Waals surface area contributed by atoms with Gasteiger partial charge in [-0.15, -0.1) is 5.10 Å². The Balaban J connectivity index is 1.32. The minimum Gasteiger partial charge on any atom is -0.497 e. The molecule has 41 heavy (non-hydrogen) atoms. The number of nitrogens with zero attached hydrogens (tertiary/aromatic N) is 5. The summed E-state index contributed by atoms with van der Waals surface area (Å²) in [4.78, 5) is 37.2. The van der Waals surface area contributed by atoms with Crippen molar-refractivity contribution in [3.63, 3.8) is 0 Å². The van der Waals surface area contributed by atoms with Gasteiger partial charge in [0.25, 0.3) is 0 Å². The number of para-hydroxylation sites is 1. The number of carbonyl (C=O) groups excluding carboxylic acids is 2. The van der Waals surface area contributed by atoms with Crippen LogP contribution in [0.3, 0.4) is 0 Å². The first-order valence-corrected chi connectivity index (χ1v) is 13.8. The van der Waals surface area contributed by atoms with Crippen molar-refractivity contribution in [1.82, 2.24) is 29.8 Å². The van der Waals surface area contributed by atoms with Gasteiger partial charge < -0.3 is 25.0 Å². The zero-order valence-electron chi connectivity index (χ0n) is 22.1. The Kier molecular flexibility index (Phi) is 7.38. The summed E-state index contributed by atoms with van der Waals surface area (Å²) < 4.78 is 13.2. The second kappa shape index (κ2) is 11.4. The molecule has 2 amide bonds. The lowest BCUT2D eigenvalue weighted by Gasteiger charge is -2.23. The van der Waals surface area contributed by atoms with Crippen LogP contribution in [-0.4, -0.2) is 69.3 Å². The highest BCUT2D eigenvalue weighted by Crippen LogP contribution is 2.29. The van der Waals surface area contributed by atoms with Gasteiger partial charge in [0.15, 0.2) is 11.5 Å². The first kappa shape index (κ1) is 26.5. The maximum absolute atomic E-state index is 13.1. The Morgan fingerprint density at radius 2 is 1.88 bits per heavy atom. The van der Waals surface area contributed by atoms with Crippen LogP contribution in [0.1, 0.15) is 5.56 Å². The number of hydrogen-bond donors (Lipinski definition) is 2. The van der Waals surface area contributed by atoms with Crippen molar-refractivity contribution in [3.8, 4) is 17.1 Å². The van der Waals surface area contributed by atoms with Gasteiger partial charge in [-0.3, -0.25) is 4.79 Å². The van der Waals surface area contributed by atoms with E-state index in [2.05, 4.69) is 26.6 Å². The molecule has 0 aliphatic carbocycles. The van der Waals surface area contributed by atoms with Gasteiger partial charge in [-0.05, 0) is 57.9 Å². The van der Waals surface area contributed by atoms with E-state index in [1.54, 1.807) is 11.6 Å². The van der Waals surface area contributed by atoms with Crippen LogP contribution in [0.2, 0.25) is 0 Å². The highest BCUT2D eigenvalue weighted by Gasteiger charge is 2.30. The van der Waals surface area contributed by atoms with E-state index >= 15 is 0 Å². The number of benzene rings is 3. The van der Waals surface area contributed by atoms with E-state index in [1.165, 1.54) is 4.90 Å².